The van der Waals surface area contributed by atoms with E-state index in [2.05, 4.69) is 5.32 Å². The van der Waals surface area contributed by atoms with Gasteiger partial charge in [0.1, 0.15) is 0 Å². The number of nitrogens with one attached hydrogen (secondary N) is 1. The zero-order chi connectivity index (χ0) is 15.4. The van der Waals surface area contributed by atoms with Crippen LogP contribution in [0.1, 0.15) is 20.8 Å². The maximum Gasteiger partial charge on any atom is 0.328 e. The lowest BCUT2D eigenvalue weighted by Gasteiger charge is -2.08. The van der Waals surface area contributed by atoms with Crippen molar-refractivity contribution in [1.29, 1.82) is 0 Å². The molecule has 1 heterocycles. The van der Waals surface area contributed by atoms with E-state index in [4.69, 9.17) is 16.7 Å². The molecule has 4 nitrogen and oxygen atoms in total. The monoisotopic (exact) mass is 321 g/mol. The van der Waals surface area contributed by atoms with Crippen LogP contribution in [0.4, 0.5) is 5.69 Å². The Labute approximate surface area is 130 Å². The molecule has 0 fully saturated rings. The standard InChI is InChI=1S/C15H12ClNO3S/c1-9-8-10(3-7-14(18)19)2-4-11(9)17-15(20)12-5-6-13(16)21-12/h2-8H,1H3,(H,17,20)(H,18,19). The summed E-state index contributed by atoms with van der Waals surface area (Å²) >= 11 is 7.02. The maximum absolute atomic E-state index is 12.0. The Morgan fingerprint density at radius 1 is 1.29 bits per heavy atom. The molecule has 108 valence electrons. The molecule has 0 radical (unpaired) electrons. The van der Waals surface area contributed by atoms with Gasteiger partial charge in [0.25, 0.3) is 5.91 Å². The van der Waals surface area contributed by atoms with Gasteiger partial charge in [-0.05, 0) is 48.4 Å². The molecule has 0 aliphatic rings. The van der Waals surface area contributed by atoms with E-state index in [1.165, 1.54) is 17.4 Å². The van der Waals surface area contributed by atoms with Gasteiger partial charge in [-0.1, -0.05) is 17.7 Å². The number of thiophene rings is 1. The molecule has 0 saturated heterocycles. The first-order valence-electron chi connectivity index (χ1n) is 6.04. The fourth-order valence-electron chi connectivity index (χ4n) is 1.72. The number of carbonyl (C=O) groups excluding carboxylic acids is 1. The fraction of sp³-hybridized carbons (Fsp3) is 0.0667. The molecular formula is C15H12ClNO3S. The molecule has 1 aromatic heterocycles. The summed E-state index contributed by atoms with van der Waals surface area (Å²) < 4.78 is 0.561. The first kappa shape index (κ1) is 15.3. The van der Waals surface area contributed by atoms with Crippen LogP contribution in [0.5, 0.6) is 0 Å². The van der Waals surface area contributed by atoms with Crippen LogP contribution < -0.4 is 5.32 Å². The van der Waals surface area contributed by atoms with E-state index in [-0.39, 0.29) is 5.91 Å². The number of hydrogen-bond acceptors (Lipinski definition) is 3. The number of carboxylic acid groups (broad SMARTS) is 1. The Kier molecular flexibility index (Phi) is 4.77. The van der Waals surface area contributed by atoms with Gasteiger partial charge in [-0.15, -0.1) is 11.3 Å². The van der Waals surface area contributed by atoms with E-state index in [0.29, 0.717) is 14.9 Å². The number of halogens is 1. The van der Waals surface area contributed by atoms with Crippen molar-refractivity contribution < 1.29 is 14.7 Å². The number of carbonyl (C=O) groups is 2. The van der Waals surface area contributed by atoms with Crippen molar-refractivity contribution in [1.82, 2.24) is 0 Å². The summed E-state index contributed by atoms with van der Waals surface area (Å²) in [5, 5.41) is 11.4. The second-order valence-corrected chi connectivity index (χ2v) is 6.02. The quantitative estimate of drug-likeness (QED) is 0.834. The molecule has 2 rings (SSSR count). The Morgan fingerprint density at radius 3 is 2.62 bits per heavy atom. The molecule has 0 spiro atoms. The fourth-order valence-corrected chi connectivity index (χ4v) is 2.66. The lowest BCUT2D eigenvalue weighted by atomic mass is 10.1. The maximum atomic E-state index is 12.0. The van der Waals surface area contributed by atoms with Gasteiger partial charge in [0.2, 0.25) is 0 Å². The van der Waals surface area contributed by atoms with Crippen molar-refractivity contribution in [2.75, 3.05) is 5.32 Å². The molecule has 0 atom stereocenters. The highest BCUT2D eigenvalue weighted by Gasteiger charge is 2.10. The Balaban J connectivity index is 2.14. The summed E-state index contributed by atoms with van der Waals surface area (Å²) in [6.07, 6.45) is 2.57. The van der Waals surface area contributed by atoms with Crippen LogP contribution in [0.15, 0.2) is 36.4 Å². The number of aryl methyl sites for hydroxylation is 1. The third-order valence-electron chi connectivity index (χ3n) is 2.71. The Morgan fingerprint density at radius 2 is 2.05 bits per heavy atom. The Hall–Kier alpha value is -2.11. The molecule has 21 heavy (non-hydrogen) atoms. The predicted molar refractivity (Wildman–Crippen MR) is 85.1 cm³/mol. The summed E-state index contributed by atoms with van der Waals surface area (Å²) in [7, 11) is 0. The van der Waals surface area contributed by atoms with Crippen molar-refractivity contribution in [2.24, 2.45) is 0 Å². The lowest BCUT2D eigenvalue weighted by molar-refractivity contribution is -0.131. The number of benzene rings is 1. The molecule has 0 saturated carbocycles. The van der Waals surface area contributed by atoms with E-state index in [1.54, 1.807) is 30.3 Å². The minimum atomic E-state index is -1.00. The van der Waals surface area contributed by atoms with Crippen molar-refractivity contribution in [3.63, 3.8) is 0 Å². The Bertz CT molecular complexity index is 721. The molecular weight excluding hydrogens is 310 g/mol. The van der Waals surface area contributed by atoms with Crippen LogP contribution in [-0.4, -0.2) is 17.0 Å². The minimum Gasteiger partial charge on any atom is -0.478 e. The lowest BCUT2D eigenvalue weighted by Crippen LogP contribution is -2.11. The van der Waals surface area contributed by atoms with Crippen molar-refractivity contribution in [3.05, 3.63) is 56.7 Å². The number of hydrogen-bond donors (Lipinski definition) is 2. The van der Waals surface area contributed by atoms with Gasteiger partial charge < -0.3 is 10.4 Å². The molecule has 0 aliphatic heterocycles. The van der Waals surface area contributed by atoms with Crippen molar-refractivity contribution in [3.8, 4) is 0 Å². The van der Waals surface area contributed by atoms with Crippen molar-refractivity contribution in [2.45, 2.75) is 6.92 Å². The van der Waals surface area contributed by atoms with Crippen LogP contribution in [-0.2, 0) is 4.79 Å². The van der Waals surface area contributed by atoms with Crippen LogP contribution in [0.25, 0.3) is 6.08 Å². The number of rotatable bonds is 4. The van der Waals surface area contributed by atoms with E-state index in [9.17, 15) is 9.59 Å². The van der Waals surface area contributed by atoms with Gasteiger partial charge in [-0.3, -0.25) is 4.79 Å². The van der Waals surface area contributed by atoms with E-state index in [0.717, 1.165) is 17.2 Å². The van der Waals surface area contributed by atoms with Gasteiger partial charge >= 0.3 is 5.97 Å². The van der Waals surface area contributed by atoms with E-state index >= 15 is 0 Å². The topological polar surface area (TPSA) is 66.4 Å². The summed E-state index contributed by atoms with van der Waals surface area (Å²) in [5.41, 5.74) is 2.28. The molecule has 0 unspecified atom stereocenters. The van der Waals surface area contributed by atoms with E-state index < -0.39 is 5.97 Å². The predicted octanol–water partition coefficient (Wildman–Crippen LogP) is 4.06. The third-order valence-corrected chi connectivity index (χ3v) is 3.94. The van der Waals surface area contributed by atoms with Gasteiger partial charge in [0.15, 0.2) is 0 Å². The van der Waals surface area contributed by atoms with Crippen LogP contribution in [0.3, 0.4) is 0 Å². The zero-order valence-corrected chi connectivity index (χ0v) is 12.7. The van der Waals surface area contributed by atoms with Gasteiger partial charge in [-0.25, -0.2) is 4.79 Å². The van der Waals surface area contributed by atoms with Crippen LogP contribution in [0.2, 0.25) is 4.34 Å². The molecule has 1 aromatic carbocycles. The second kappa shape index (κ2) is 6.56. The average molecular weight is 322 g/mol. The zero-order valence-electron chi connectivity index (χ0n) is 11.1. The number of amides is 1. The normalized spacial score (nSPS) is 10.8. The van der Waals surface area contributed by atoms with Gasteiger partial charge in [-0.2, -0.15) is 0 Å². The minimum absolute atomic E-state index is 0.219. The smallest absolute Gasteiger partial charge is 0.328 e. The summed E-state index contributed by atoms with van der Waals surface area (Å²) in [6.45, 7) is 1.84. The highest BCUT2D eigenvalue weighted by Crippen LogP contribution is 2.23. The molecule has 0 aliphatic carbocycles. The van der Waals surface area contributed by atoms with Gasteiger partial charge in [0, 0.05) is 11.8 Å². The molecule has 0 bridgehead atoms. The molecule has 2 aromatic rings. The molecule has 1 amide bonds. The first-order valence-corrected chi connectivity index (χ1v) is 7.23. The molecule has 6 heteroatoms. The SMILES string of the molecule is Cc1cc(C=CC(=O)O)ccc1NC(=O)c1ccc(Cl)s1. The summed E-state index contributed by atoms with van der Waals surface area (Å²) in [5.74, 6) is -1.22. The van der Waals surface area contributed by atoms with Gasteiger partial charge in [0.05, 0.1) is 9.21 Å². The summed E-state index contributed by atoms with van der Waals surface area (Å²) in [4.78, 5) is 23.0. The highest BCUT2D eigenvalue weighted by molar-refractivity contribution is 7.18. The van der Waals surface area contributed by atoms with E-state index in [1.807, 2.05) is 6.92 Å². The summed E-state index contributed by atoms with van der Waals surface area (Å²) in [6, 6.07) is 8.62. The first-order chi connectivity index (χ1) is 9.95. The van der Waals surface area contributed by atoms with Crippen LogP contribution >= 0.6 is 22.9 Å². The highest BCUT2D eigenvalue weighted by atomic mass is 35.5. The van der Waals surface area contributed by atoms with Crippen molar-refractivity contribution >= 4 is 46.6 Å². The van der Waals surface area contributed by atoms with Crippen LogP contribution in [0, 0.1) is 6.92 Å². The number of carboxylic acids is 1. The number of aliphatic carboxylic acids is 1. The second-order valence-electron chi connectivity index (χ2n) is 4.30. The third kappa shape index (κ3) is 4.18. The molecule has 2 N–H and O–H groups in total. The largest absolute Gasteiger partial charge is 0.478 e. The average Bonchev–Trinajstić information content (AvgIpc) is 2.86. The number of anilines is 1.